The predicted molar refractivity (Wildman–Crippen MR) is 73.0 cm³/mol. The van der Waals surface area contributed by atoms with Crippen molar-refractivity contribution in [2.24, 2.45) is 11.7 Å². The van der Waals surface area contributed by atoms with Crippen molar-refractivity contribution in [1.82, 2.24) is 9.80 Å². The van der Waals surface area contributed by atoms with E-state index in [1.54, 1.807) is 11.9 Å². The van der Waals surface area contributed by atoms with Crippen LogP contribution in [0.5, 0.6) is 0 Å². The summed E-state index contributed by atoms with van der Waals surface area (Å²) in [5.74, 6) is 0.361. The standard InChI is InChI=1S/C13H27N3O2/c1-5-16(6-2)13(18)10-15(4)12(17)8-7-11(3)9-14/h11H,5-10,14H2,1-4H3. The molecule has 0 aliphatic carbocycles. The number of rotatable bonds is 8. The highest BCUT2D eigenvalue weighted by Crippen LogP contribution is 2.05. The first-order chi connectivity index (χ1) is 8.46. The summed E-state index contributed by atoms with van der Waals surface area (Å²) in [6, 6.07) is 0. The molecule has 18 heavy (non-hydrogen) atoms. The topological polar surface area (TPSA) is 66.6 Å². The Labute approximate surface area is 110 Å². The van der Waals surface area contributed by atoms with E-state index in [1.165, 1.54) is 4.90 Å². The van der Waals surface area contributed by atoms with E-state index < -0.39 is 0 Å². The molecule has 0 spiro atoms. The summed E-state index contributed by atoms with van der Waals surface area (Å²) in [6.07, 6.45) is 1.24. The summed E-state index contributed by atoms with van der Waals surface area (Å²) in [5.41, 5.74) is 5.51. The van der Waals surface area contributed by atoms with E-state index in [-0.39, 0.29) is 18.4 Å². The van der Waals surface area contributed by atoms with E-state index in [1.807, 2.05) is 20.8 Å². The van der Waals surface area contributed by atoms with Crippen LogP contribution in [-0.4, -0.2) is 54.8 Å². The van der Waals surface area contributed by atoms with Crippen molar-refractivity contribution in [1.29, 1.82) is 0 Å². The van der Waals surface area contributed by atoms with Crippen molar-refractivity contribution in [3.63, 3.8) is 0 Å². The molecule has 5 heteroatoms. The number of hydrogen-bond donors (Lipinski definition) is 1. The molecule has 0 bridgehead atoms. The highest BCUT2D eigenvalue weighted by molar-refractivity contribution is 5.84. The van der Waals surface area contributed by atoms with E-state index in [0.717, 1.165) is 6.42 Å². The van der Waals surface area contributed by atoms with Crippen LogP contribution in [0.4, 0.5) is 0 Å². The number of carbonyl (C=O) groups excluding carboxylic acids is 2. The lowest BCUT2D eigenvalue weighted by atomic mass is 10.1. The Kier molecular flexibility index (Phi) is 8.37. The van der Waals surface area contributed by atoms with E-state index in [4.69, 9.17) is 5.73 Å². The van der Waals surface area contributed by atoms with Crippen LogP contribution in [-0.2, 0) is 9.59 Å². The number of likely N-dealkylation sites (N-methyl/N-ethyl adjacent to an activating group) is 2. The highest BCUT2D eigenvalue weighted by Gasteiger charge is 2.16. The molecule has 0 aromatic rings. The Morgan fingerprint density at radius 2 is 1.72 bits per heavy atom. The van der Waals surface area contributed by atoms with Crippen molar-refractivity contribution in [3.05, 3.63) is 0 Å². The second kappa shape index (κ2) is 8.91. The number of hydrogen-bond acceptors (Lipinski definition) is 3. The molecule has 2 N–H and O–H groups in total. The molecule has 106 valence electrons. The summed E-state index contributed by atoms with van der Waals surface area (Å²) in [5, 5.41) is 0. The van der Waals surface area contributed by atoms with Crippen molar-refractivity contribution in [3.8, 4) is 0 Å². The monoisotopic (exact) mass is 257 g/mol. The normalized spacial score (nSPS) is 12.1. The molecule has 0 aromatic heterocycles. The van der Waals surface area contributed by atoms with Gasteiger partial charge in [-0.1, -0.05) is 6.92 Å². The third-order valence-corrected chi connectivity index (χ3v) is 3.17. The van der Waals surface area contributed by atoms with Gasteiger partial charge in [-0.3, -0.25) is 9.59 Å². The lowest BCUT2D eigenvalue weighted by Gasteiger charge is -2.23. The molecule has 0 aromatic carbocycles. The fraction of sp³-hybridized carbons (Fsp3) is 0.846. The molecular formula is C13H27N3O2. The third kappa shape index (κ3) is 6.00. The Morgan fingerprint density at radius 3 is 2.17 bits per heavy atom. The summed E-state index contributed by atoms with van der Waals surface area (Å²) < 4.78 is 0. The maximum atomic E-state index is 11.8. The maximum Gasteiger partial charge on any atom is 0.242 e. The molecule has 1 unspecified atom stereocenters. The molecule has 0 rings (SSSR count). The minimum absolute atomic E-state index is 0.00252. The lowest BCUT2D eigenvalue weighted by molar-refractivity contribution is -0.139. The molecule has 2 amide bonds. The minimum atomic E-state index is 0.00252. The van der Waals surface area contributed by atoms with Gasteiger partial charge >= 0.3 is 0 Å². The number of nitrogens with zero attached hydrogens (tertiary/aromatic N) is 2. The predicted octanol–water partition coefficient (Wildman–Crippen LogP) is 0.688. The summed E-state index contributed by atoms with van der Waals surface area (Å²) in [6.45, 7) is 8.02. The third-order valence-electron chi connectivity index (χ3n) is 3.17. The van der Waals surface area contributed by atoms with Crippen molar-refractivity contribution >= 4 is 11.8 Å². The van der Waals surface area contributed by atoms with E-state index in [9.17, 15) is 9.59 Å². The first kappa shape index (κ1) is 16.9. The van der Waals surface area contributed by atoms with E-state index >= 15 is 0 Å². The lowest BCUT2D eigenvalue weighted by Crippen LogP contribution is -2.41. The van der Waals surface area contributed by atoms with Gasteiger partial charge in [0.1, 0.15) is 0 Å². The second-order valence-corrected chi connectivity index (χ2v) is 4.70. The molecule has 0 saturated heterocycles. The smallest absolute Gasteiger partial charge is 0.242 e. The molecule has 0 radical (unpaired) electrons. The van der Waals surface area contributed by atoms with Gasteiger partial charge in [-0.05, 0) is 32.7 Å². The largest absolute Gasteiger partial charge is 0.342 e. The van der Waals surface area contributed by atoms with Crippen LogP contribution in [0.15, 0.2) is 0 Å². The molecule has 0 aliphatic heterocycles. The summed E-state index contributed by atoms with van der Waals surface area (Å²) in [4.78, 5) is 26.9. The quantitative estimate of drug-likeness (QED) is 0.695. The van der Waals surface area contributed by atoms with Gasteiger partial charge in [0, 0.05) is 26.6 Å². The van der Waals surface area contributed by atoms with Crippen LogP contribution in [0.3, 0.4) is 0 Å². The molecule has 0 heterocycles. The van der Waals surface area contributed by atoms with Crippen LogP contribution >= 0.6 is 0 Å². The van der Waals surface area contributed by atoms with E-state index in [0.29, 0.717) is 32.0 Å². The van der Waals surface area contributed by atoms with Crippen LogP contribution in [0.25, 0.3) is 0 Å². The Morgan fingerprint density at radius 1 is 1.17 bits per heavy atom. The van der Waals surface area contributed by atoms with Crippen LogP contribution < -0.4 is 5.73 Å². The molecule has 0 aliphatic rings. The number of nitrogens with two attached hydrogens (primary N) is 1. The van der Waals surface area contributed by atoms with Crippen molar-refractivity contribution in [2.45, 2.75) is 33.6 Å². The van der Waals surface area contributed by atoms with Crippen LogP contribution in [0.2, 0.25) is 0 Å². The average molecular weight is 257 g/mol. The Balaban J connectivity index is 4.11. The number of amides is 2. The molecular weight excluding hydrogens is 230 g/mol. The minimum Gasteiger partial charge on any atom is -0.342 e. The first-order valence-electron chi connectivity index (χ1n) is 6.67. The SMILES string of the molecule is CCN(CC)C(=O)CN(C)C(=O)CCC(C)CN. The molecule has 1 atom stereocenters. The summed E-state index contributed by atoms with van der Waals surface area (Å²) >= 11 is 0. The maximum absolute atomic E-state index is 11.8. The van der Waals surface area contributed by atoms with Gasteiger partial charge < -0.3 is 15.5 Å². The summed E-state index contributed by atoms with van der Waals surface area (Å²) in [7, 11) is 1.68. The van der Waals surface area contributed by atoms with Gasteiger partial charge in [-0.25, -0.2) is 0 Å². The van der Waals surface area contributed by atoms with E-state index in [2.05, 4.69) is 0 Å². The van der Waals surface area contributed by atoms with Gasteiger partial charge in [0.15, 0.2) is 0 Å². The van der Waals surface area contributed by atoms with Gasteiger partial charge in [0.25, 0.3) is 0 Å². The van der Waals surface area contributed by atoms with Gasteiger partial charge in [-0.15, -0.1) is 0 Å². The number of carbonyl (C=O) groups is 2. The average Bonchev–Trinajstić information content (AvgIpc) is 2.36. The van der Waals surface area contributed by atoms with Crippen LogP contribution in [0.1, 0.15) is 33.6 Å². The van der Waals surface area contributed by atoms with Gasteiger partial charge in [-0.2, -0.15) is 0 Å². The Bertz CT molecular complexity index is 265. The van der Waals surface area contributed by atoms with Gasteiger partial charge in [0.05, 0.1) is 6.54 Å². The highest BCUT2D eigenvalue weighted by atomic mass is 16.2. The fourth-order valence-electron chi connectivity index (χ4n) is 1.65. The molecule has 5 nitrogen and oxygen atoms in total. The van der Waals surface area contributed by atoms with Crippen LogP contribution in [0, 0.1) is 5.92 Å². The first-order valence-corrected chi connectivity index (χ1v) is 6.67. The zero-order valence-electron chi connectivity index (χ0n) is 12.1. The molecule has 0 fully saturated rings. The zero-order valence-corrected chi connectivity index (χ0v) is 12.1. The van der Waals surface area contributed by atoms with Crippen molar-refractivity contribution < 1.29 is 9.59 Å². The zero-order chi connectivity index (χ0) is 14.1. The molecule has 0 saturated carbocycles. The fourth-order valence-corrected chi connectivity index (χ4v) is 1.65. The van der Waals surface area contributed by atoms with Gasteiger partial charge in [0.2, 0.25) is 11.8 Å². The van der Waals surface area contributed by atoms with Crippen molar-refractivity contribution in [2.75, 3.05) is 33.2 Å². The Hall–Kier alpha value is -1.10. The second-order valence-electron chi connectivity index (χ2n) is 4.70.